The largest absolute Gasteiger partial charge is 0.488 e. The highest BCUT2D eigenvalue weighted by Gasteiger charge is 2.20. The topological polar surface area (TPSA) is 45.0 Å². The summed E-state index contributed by atoms with van der Waals surface area (Å²) in [5.41, 5.74) is 0.575. The molecular formula is C14H16F2N2O. The Morgan fingerprint density at radius 3 is 2.58 bits per heavy atom. The third kappa shape index (κ3) is 4.18. The fourth-order valence-electron chi connectivity index (χ4n) is 1.73. The molecule has 19 heavy (non-hydrogen) atoms. The van der Waals surface area contributed by atoms with E-state index in [1.165, 1.54) is 12.1 Å². The van der Waals surface area contributed by atoms with Crippen LogP contribution in [0.5, 0.6) is 5.75 Å². The van der Waals surface area contributed by atoms with Gasteiger partial charge in [-0.1, -0.05) is 0 Å². The molecular weight excluding hydrogens is 250 g/mol. The van der Waals surface area contributed by atoms with Crippen LogP contribution in [-0.4, -0.2) is 12.6 Å². The fraction of sp³-hybridized carbons (Fsp3) is 0.500. The molecule has 2 rings (SSSR count). The lowest BCUT2D eigenvalue weighted by Gasteiger charge is -2.10. The van der Waals surface area contributed by atoms with E-state index in [-0.39, 0.29) is 12.4 Å². The van der Waals surface area contributed by atoms with Crippen molar-refractivity contribution in [3.8, 4) is 11.8 Å². The standard InChI is InChI=1S/C14H16F2N2O/c15-12-7-10(9-18-11-3-4-11)8-13(16)14(12)19-6-2-1-5-17/h7-8,11,18H,1-4,6,9H2. The minimum atomic E-state index is -0.690. The summed E-state index contributed by atoms with van der Waals surface area (Å²) in [4.78, 5) is 0. The summed E-state index contributed by atoms with van der Waals surface area (Å²) in [7, 11) is 0. The first-order valence-corrected chi connectivity index (χ1v) is 6.41. The average molecular weight is 266 g/mol. The van der Waals surface area contributed by atoms with E-state index in [1.54, 1.807) is 0 Å². The van der Waals surface area contributed by atoms with Crippen LogP contribution in [0.25, 0.3) is 0 Å². The minimum absolute atomic E-state index is 0.140. The summed E-state index contributed by atoms with van der Waals surface area (Å²) in [6.07, 6.45) is 3.03. The summed E-state index contributed by atoms with van der Waals surface area (Å²) in [6.45, 7) is 0.605. The molecule has 0 saturated heterocycles. The first kappa shape index (κ1) is 13.8. The van der Waals surface area contributed by atoms with Crippen LogP contribution in [0.2, 0.25) is 0 Å². The molecule has 0 atom stereocenters. The van der Waals surface area contributed by atoms with E-state index in [2.05, 4.69) is 5.32 Å². The van der Waals surface area contributed by atoms with Crippen LogP contribution >= 0.6 is 0 Å². The molecule has 1 fully saturated rings. The van der Waals surface area contributed by atoms with Crippen molar-refractivity contribution < 1.29 is 13.5 Å². The normalized spacial score (nSPS) is 14.2. The van der Waals surface area contributed by atoms with E-state index in [0.29, 0.717) is 31.0 Å². The quantitative estimate of drug-likeness (QED) is 0.772. The monoisotopic (exact) mass is 266 g/mol. The first-order chi connectivity index (χ1) is 9.20. The molecule has 0 bridgehead atoms. The van der Waals surface area contributed by atoms with Crippen LogP contribution in [-0.2, 0) is 6.54 Å². The van der Waals surface area contributed by atoms with Gasteiger partial charge in [-0.05, 0) is 37.0 Å². The van der Waals surface area contributed by atoms with Crippen molar-refractivity contribution in [3.63, 3.8) is 0 Å². The molecule has 1 aliphatic carbocycles. The molecule has 3 nitrogen and oxygen atoms in total. The van der Waals surface area contributed by atoms with Gasteiger partial charge in [-0.2, -0.15) is 5.26 Å². The smallest absolute Gasteiger partial charge is 0.190 e. The lowest BCUT2D eigenvalue weighted by atomic mass is 10.2. The Balaban J connectivity index is 1.93. The van der Waals surface area contributed by atoms with Gasteiger partial charge in [0.15, 0.2) is 17.4 Å². The third-order valence-electron chi connectivity index (χ3n) is 2.91. The molecule has 102 valence electrons. The van der Waals surface area contributed by atoms with E-state index < -0.39 is 11.6 Å². The number of ether oxygens (including phenoxy) is 1. The second kappa shape index (κ2) is 6.48. The number of rotatable bonds is 7. The summed E-state index contributed by atoms with van der Waals surface area (Å²) >= 11 is 0. The zero-order valence-corrected chi connectivity index (χ0v) is 10.6. The van der Waals surface area contributed by atoms with E-state index in [9.17, 15) is 8.78 Å². The van der Waals surface area contributed by atoms with E-state index in [1.807, 2.05) is 6.07 Å². The molecule has 0 radical (unpaired) electrons. The zero-order chi connectivity index (χ0) is 13.7. The van der Waals surface area contributed by atoms with Gasteiger partial charge in [-0.25, -0.2) is 8.78 Å². The van der Waals surface area contributed by atoms with Crippen molar-refractivity contribution in [2.24, 2.45) is 0 Å². The Hall–Kier alpha value is -1.67. The highest BCUT2D eigenvalue weighted by molar-refractivity contribution is 5.31. The fourth-order valence-corrected chi connectivity index (χ4v) is 1.73. The lowest BCUT2D eigenvalue weighted by molar-refractivity contribution is 0.281. The van der Waals surface area contributed by atoms with Crippen LogP contribution in [0, 0.1) is 23.0 Å². The number of unbranched alkanes of at least 4 members (excludes halogenated alkanes) is 1. The Kier molecular flexibility index (Phi) is 4.69. The molecule has 0 aromatic heterocycles. The number of nitrogens with one attached hydrogen (secondary N) is 1. The van der Waals surface area contributed by atoms with Crippen LogP contribution in [0.15, 0.2) is 12.1 Å². The lowest BCUT2D eigenvalue weighted by Crippen LogP contribution is -2.15. The van der Waals surface area contributed by atoms with E-state index in [4.69, 9.17) is 10.00 Å². The van der Waals surface area contributed by atoms with Crippen molar-refractivity contribution in [3.05, 3.63) is 29.3 Å². The van der Waals surface area contributed by atoms with Gasteiger partial charge in [0.25, 0.3) is 0 Å². The van der Waals surface area contributed by atoms with Gasteiger partial charge >= 0.3 is 0 Å². The maximum absolute atomic E-state index is 13.7. The Morgan fingerprint density at radius 2 is 2.00 bits per heavy atom. The highest BCUT2D eigenvalue weighted by Crippen LogP contribution is 2.25. The summed E-state index contributed by atoms with van der Waals surface area (Å²) < 4.78 is 32.4. The predicted molar refractivity (Wildman–Crippen MR) is 66.6 cm³/mol. The molecule has 1 saturated carbocycles. The molecule has 0 heterocycles. The number of nitriles is 1. The zero-order valence-electron chi connectivity index (χ0n) is 10.6. The molecule has 1 aromatic carbocycles. The molecule has 5 heteroatoms. The first-order valence-electron chi connectivity index (χ1n) is 6.41. The SMILES string of the molecule is N#CCCCOc1c(F)cc(CNC2CC2)cc1F. The molecule has 0 amide bonds. The number of hydrogen-bond acceptors (Lipinski definition) is 3. The summed E-state index contributed by atoms with van der Waals surface area (Å²) in [5.74, 6) is -1.73. The van der Waals surface area contributed by atoms with E-state index in [0.717, 1.165) is 12.8 Å². The van der Waals surface area contributed by atoms with Crippen LogP contribution in [0.1, 0.15) is 31.2 Å². The molecule has 1 aliphatic rings. The van der Waals surface area contributed by atoms with Gasteiger partial charge in [0.05, 0.1) is 12.7 Å². The number of hydrogen-bond donors (Lipinski definition) is 1. The Morgan fingerprint density at radius 1 is 1.32 bits per heavy atom. The highest BCUT2D eigenvalue weighted by atomic mass is 19.1. The predicted octanol–water partition coefficient (Wildman–Crippen LogP) is 2.90. The number of benzene rings is 1. The molecule has 0 unspecified atom stereocenters. The van der Waals surface area contributed by atoms with Gasteiger partial charge in [0.1, 0.15) is 0 Å². The van der Waals surface area contributed by atoms with Gasteiger partial charge in [-0.15, -0.1) is 0 Å². The van der Waals surface area contributed by atoms with Crippen molar-refractivity contribution in [2.45, 2.75) is 38.3 Å². The Labute approximate surface area is 111 Å². The maximum Gasteiger partial charge on any atom is 0.190 e. The second-order valence-corrected chi connectivity index (χ2v) is 4.65. The van der Waals surface area contributed by atoms with Crippen LogP contribution < -0.4 is 10.1 Å². The number of nitrogens with zero attached hydrogens (tertiary/aromatic N) is 1. The average Bonchev–Trinajstić information content (AvgIpc) is 3.18. The third-order valence-corrected chi connectivity index (χ3v) is 2.91. The van der Waals surface area contributed by atoms with Crippen molar-refractivity contribution in [2.75, 3.05) is 6.61 Å². The van der Waals surface area contributed by atoms with Gasteiger partial charge in [0.2, 0.25) is 0 Å². The summed E-state index contributed by atoms with van der Waals surface area (Å²) in [6, 6.07) is 5.02. The van der Waals surface area contributed by atoms with Gasteiger partial charge in [0, 0.05) is 19.0 Å². The van der Waals surface area contributed by atoms with Gasteiger partial charge < -0.3 is 10.1 Å². The Bertz CT molecular complexity index is 458. The molecule has 0 spiro atoms. The summed E-state index contributed by atoms with van der Waals surface area (Å²) in [5, 5.41) is 11.6. The van der Waals surface area contributed by atoms with Gasteiger partial charge in [-0.3, -0.25) is 0 Å². The molecule has 0 aliphatic heterocycles. The minimum Gasteiger partial charge on any atom is -0.488 e. The molecule has 1 aromatic rings. The van der Waals surface area contributed by atoms with Crippen molar-refractivity contribution in [1.82, 2.24) is 5.32 Å². The number of halogens is 2. The van der Waals surface area contributed by atoms with E-state index >= 15 is 0 Å². The van der Waals surface area contributed by atoms with Crippen molar-refractivity contribution >= 4 is 0 Å². The van der Waals surface area contributed by atoms with Crippen LogP contribution in [0.3, 0.4) is 0 Å². The maximum atomic E-state index is 13.7. The van der Waals surface area contributed by atoms with Crippen LogP contribution in [0.4, 0.5) is 8.78 Å². The second-order valence-electron chi connectivity index (χ2n) is 4.65. The van der Waals surface area contributed by atoms with Crippen molar-refractivity contribution in [1.29, 1.82) is 5.26 Å². The molecule has 1 N–H and O–H groups in total.